The third-order valence-electron chi connectivity index (χ3n) is 3.29. The third-order valence-corrected chi connectivity index (χ3v) is 3.29. The maximum Gasteiger partial charge on any atom is 0.0594 e. The molecule has 1 aliphatic rings. The van der Waals surface area contributed by atoms with Crippen LogP contribution >= 0.6 is 0 Å². The van der Waals surface area contributed by atoms with Crippen LogP contribution < -0.4 is 0 Å². The Balaban J connectivity index is 1.95. The molecule has 0 unspecified atom stereocenters. The summed E-state index contributed by atoms with van der Waals surface area (Å²) in [5.74, 6) is 0. The maximum absolute atomic E-state index is 5.74. The SMILES string of the molecule is CCCN(CCC)CCOCCN1CCOCC1. The van der Waals surface area contributed by atoms with E-state index < -0.39 is 0 Å². The van der Waals surface area contributed by atoms with Crippen LogP contribution in [-0.4, -0.2) is 75.5 Å². The molecular formula is C14H30N2O2. The Hall–Kier alpha value is -0.160. The zero-order valence-electron chi connectivity index (χ0n) is 12.2. The second-order valence-electron chi connectivity index (χ2n) is 4.91. The molecule has 1 saturated heterocycles. The fraction of sp³-hybridized carbons (Fsp3) is 1.00. The average Bonchev–Trinajstić information content (AvgIpc) is 2.40. The number of ether oxygens (including phenoxy) is 2. The van der Waals surface area contributed by atoms with Gasteiger partial charge in [0.25, 0.3) is 0 Å². The third kappa shape index (κ3) is 7.31. The molecule has 0 amide bonds. The smallest absolute Gasteiger partial charge is 0.0594 e. The lowest BCUT2D eigenvalue weighted by atomic mass is 10.3. The minimum Gasteiger partial charge on any atom is -0.379 e. The van der Waals surface area contributed by atoms with Gasteiger partial charge in [0.1, 0.15) is 0 Å². The molecular weight excluding hydrogens is 228 g/mol. The minimum absolute atomic E-state index is 0.853. The summed E-state index contributed by atoms with van der Waals surface area (Å²) >= 11 is 0. The van der Waals surface area contributed by atoms with Gasteiger partial charge in [0, 0.05) is 26.2 Å². The van der Waals surface area contributed by atoms with Crippen molar-refractivity contribution in [3.63, 3.8) is 0 Å². The molecule has 0 aliphatic carbocycles. The molecule has 0 N–H and O–H groups in total. The van der Waals surface area contributed by atoms with Crippen molar-refractivity contribution in [3.8, 4) is 0 Å². The fourth-order valence-corrected chi connectivity index (χ4v) is 2.28. The van der Waals surface area contributed by atoms with E-state index in [1.807, 2.05) is 0 Å². The van der Waals surface area contributed by atoms with E-state index in [1.54, 1.807) is 0 Å². The van der Waals surface area contributed by atoms with Crippen LogP contribution in [0.5, 0.6) is 0 Å². The van der Waals surface area contributed by atoms with Gasteiger partial charge in [-0.2, -0.15) is 0 Å². The second kappa shape index (κ2) is 10.7. The van der Waals surface area contributed by atoms with E-state index in [0.29, 0.717) is 0 Å². The van der Waals surface area contributed by atoms with Crippen molar-refractivity contribution in [2.75, 3.05) is 65.7 Å². The molecule has 0 bridgehead atoms. The van der Waals surface area contributed by atoms with E-state index in [1.165, 1.54) is 25.9 Å². The first-order valence-electron chi connectivity index (χ1n) is 7.47. The molecule has 1 fully saturated rings. The first-order valence-corrected chi connectivity index (χ1v) is 7.47. The summed E-state index contributed by atoms with van der Waals surface area (Å²) in [7, 11) is 0. The van der Waals surface area contributed by atoms with Crippen LogP contribution in [0.3, 0.4) is 0 Å². The van der Waals surface area contributed by atoms with Crippen LogP contribution in [-0.2, 0) is 9.47 Å². The summed E-state index contributed by atoms with van der Waals surface area (Å²) < 4.78 is 11.1. The normalized spacial score (nSPS) is 17.5. The lowest BCUT2D eigenvalue weighted by molar-refractivity contribution is 0.0178. The minimum atomic E-state index is 0.853. The van der Waals surface area contributed by atoms with Gasteiger partial charge in [-0.05, 0) is 25.9 Å². The predicted molar refractivity (Wildman–Crippen MR) is 75.1 cm³/mol. The van der Waals surface area contributed by atoms with Crippen LogP contribution in [0.4, 0.5) is 0 Å². The van der Waals surface area contributed by atoms with Crippen molar-refractivity contribution in [3.05, 3.63) is 0 Å². The van der Waals surface area contributed by atoms with E-state index in [-0.39, 0.29) is 0 Å². The predicted octanol–water partition coefficient (Wildman–Crippen LogP) is 1.46. The molecule has 1 heterocycles. The van der Waals surface area contributed by atoms with Gasteiger partial charge in [0.05, 0.1) is 26.4 Å². The topological polar surface area (TPSA) is 24.9 Å². The summed E-state index contributed by atoms with van der Waals surface area (Å²) in [4.78, 5) is 4.91. The Bertz CT molecular complexity index is 179. The van der Waals surface area contributed by atoms with Gasteiger partial charge in [0.15, 0.2) is 0 Å². The molecule has 108 valence electrons. The van der Waals surface area contributed by atoms with Crippen LogP contribution in [0.1, 0.15) is 26.7 Å². The molecule has 0 saturated carbocycles. The molecule has 18 heavy (non-hydrogen) atoms. The fourth-order valence-electron chi connectivity index (χ4n) is 2.28. The van der Waals surface area contributed by atoms with Crippen molar-refractivity contribution in [1.29, 1.82) is 0 Å². The molecule has 4 nitrogen and oxygen atoms in total. The maximum atomic E-state index is 5.74. The number of hydrogen-bond donors (Lipinski definition) is 0. The Morgan fingerprint density at radius 1 is 1.00 bits per heavy atom. The standard InChI is InChI=1S/C14H30N2O2/c1-3-5-15(6-4-2)7-11-17-12-8-16-9-13-18-14-10-16/h3-14H2,1-2H3. The number of nitrogens with zero attached hydrogens (tertiary/aromatic N) is 2. The molecule has 1 rings (SSSR count). The highest BCUT2D eigenvalue weighted by atomic mass is 16.5. The highest BCUT2D eigenvalue weighted by molar-refractivity contribution is 4.61. The molecule has 0 aromatic carbocycles. The van der Waals surface area contributed by atoms with Crippen LogP contribution in [0.25, 0.3) is 0 Å². The van der Waals surface area contributed by atoms with Gasteiger partial charge in [-0.1, -0.05) is 13.8 Å². The van der Waals surface area contributed by atoms with E-state index >= 15 is 0 Å². The monoisotopic (exact) mass is 258 g/mol. The summed E-state index contributed by atoms with van der Waals surface area (Å²) in [6.45, 7) is 14.6. The van der Waals surface area contributed by atoms with Crippen molar-refractivity contribution in [1.82, 2.24) is 9.80 Å². The highest BCUT2D eigenvalue weighted by Gasteiger charge is 2.09. The van der Waals surface area contributed by atoms with Gasteiger partial charge in [0.2, 0.25) is 0 Å². The number of rotatable bonds is 10. The molecule has 0 aromatic rings. The zero-order valence-corrected chi connectivity index (χ0v) is 12.2. The Morgan fingerprint density at radius 2 is 1.67 bits per heavy atom. The Morgan fingerprint density at radius 3 is 2.28 bits per heavy atom. The first-order chi connectivity index (χ1) is 8.86. The van der Waals surface area contributed by atoms with Gasteiger partial charge in [-0.3, -0.25) is 4.90 Å². The summed E-state index contributed by atoms with van der Waals surface area (Å²) in [5.41, 5.74) is 0. The van der Waals surface area contributed by atoms with Crippen molar-refractivity contribution < 1.29 is 9.47 Å². The Kier molecular flexibility index (Phi) is 9.48. The van der Waals surface area contributed by atoms with Crippen molar-refractivity contribution in [2.24, 2.45) is 0 Å². The van der Waals surface area contributed by atoms with Crippen LogP contribution in [0, 0.1) is 0 Å². The highest BCUT2D eigenvalue weighted by Crippen LogP contribution is 1.97. The summed E-state index contributed by atoms with van der Waals surface area (Å²) in [6, 6.07) is 0. The van der Waals surface area contributed by atoms with Gasteiger partial charge < -0.3 is 14.4 Å². The van der Waals surface area contributed by atoms with Crippen LogP contribution in [0.15, 0.2) is 0 Å². The summed E-state index contributed by atoms with van der Waals surface area (Å²) in [6.07, 6.45) is 2.46. The molecule has 0 aromatic heterocycles. The zero-order chi connectivity index (χ0) is 13.1. The first kappa shape index (κ1) is 15.9. The number of hydrogen-bond acceptors (Lipinski definition) is 4. The lowest BCUT2D eigenvalue weighted by Gasteiger charge is -2.26. The second-order valence-corrected chi connectivity index (χ2v) is 4.91. The van der Waals surface area contributed by atoms with Crippen molar-refractivity contribution in [2.45, 2.75) is 26.7 Å². The van der Waals surface area contributed by atoms with Gasteiger partial charge >= 0.3 is 0 Å². The molecule has 4 heteroatoms. The molecule has 0 radical (unpaired) electrons. The van der Waals surface area contributed by atoms with Crippen LogP contribution in [0.2, 0.25) is 0 Å². The van der Waals surface area contributed by atoms with Gasteiger partial charge in [-0.25, -0.2) is 0 Å². The quantitative estimate of drug-likeness (QED) is 0.554. The Labute approximate surface area is 112 Å². The van der Waals surface area contributed by atoms with E-state index in [9.17, 15) is 0 Å². The lowest BCUT2D eigenvalue weighted by Crippen LogP contribution is -2.38. The van der Waals surface area contributed by atoms with Gasteiger partial charge in [-0.15, -0.1) is 0 Å². The van der Waals surface area contributed by atoms with E-state index in [4.69, 9.17) is 9.47 Å². The summed E-state index contributed by atoms with van der Waals surface area (Å²) in [5, 5.41) is 0. The molecule has 0 spiro atoms. The average molecular weight is 258 g/mol. The van der Waals surface area contributed by atoms with E-state index in [0.717, 1.165) is 52.6 Å². The largest absolute Gasteiger partial charge is 0.379 e. The van der Waals surface area contributed by atoms with E-state index in [2.05, 4.69) is 23.6 Å². The van der Waals surface area contributed by atoms with Crippen molar-refractivity contribution >= 4 is 0 Å². The molecule has 0 atom stereocenters. The number of morpholine rings is 1. The molecule has 1 aliphatic heterocycles.